The van der Waals surface area contributed by atoms with Gasteiger partial charge in [0.2, 0.25) is 0 Å². The van der Waals surface area contributed by atoms with Gasteiger partial charge in [-0.3, -0.25) is 4.79 Å². The molecule has 0 N–H and O–H groups in total. The number of rotatable bonds is 4. The molecule has 0 spiro atoms. The predicted octanol–water partition coefficient (Wildman–Crippen LogP) is 2.14. The van der Waals surface area contributed by atoms with E-state index in [4.69, 9.17) is 9.47 Å². The fourth-order valence-corrected chi connectivity index (χ4v) is 2.13. The van der Waals surface area contributed by atoms with Crippen LogP contribution in [0.25, 0.3) is 0 Å². The molecule has 0 radical (unpaired) electrons. The second-order valence-electron chi connectivity index (χ2n) is 5.07. The maximum absolute atomic E-state index is 11.7. The SMILES string of the molecule is CC(C)CCOC(=O)C1CCC2OC2C1. The Labute approximate surface area is 91.1 Å². The standard InChI is InChI=1S/C12H20O3/c1-8(2)5-6-14-12(13)9-3-4-10-11(7-9)15-10/h8-11H,3-7H2,1-2H3. The molecule has 1 aliphatic carbocycles. The van der Waals surface area contributed by atoms with Crippen LogP contribution in [0.4, 0.5) is 0 Å². The van der Waals surface area contributed by atoms with Crippen LogP contribution in [0.5, 0.6) is 0 Å². The van der Waals surface area contributed by atoms with Crippen LogP contribution in [0.15, 0.2) is 0 Å². The summed E-state index contributed by atoms with van der Waals surface area (Å²) in [4.78, 5) is 11.7. The molecule has 15 heavy (non-hydrogen) atoms. The van der Waals surface area contributed by atoms with Gasteiger partial charge in [0.15, 0.2) is 0 Å². The molecular weight excluding hydrogens is 192 g/mol. The number of epoxide rings is 1. The average molecular weight is 212 g/mol. The molecule has 1 aliphatic heterocycles. The van der Waals surface area contributed by atoms with Crippen molar-refractivity contribution in [1.82, 2.24) is 0 Å². The van der Waals surface area contributed by atoms with Gasteiger partial charge in [0, 0.05) is 0 Å². The second-order valence-corrected chi connectivity index (χ2v) is 5.07. The third kappa shape index (κ3) is 2.94. The van der Waals surface area contributed by atoms with Crippen LogP contribution >= 0.6 is 0 Å². The summed E-state index contributed by atoms with van der Waals surface area (Å²) >= 11 is 0. The van der Waals surface area contributed by atoms with Gasteiger partial charge in [0.05, 0.1) is 24.7 Å². The first-order valence-electron chi connectivity index (χ1n) is 5.99. The van der Waals surface area contributed by atoms with Crippen molar-refractivity contribution in [2.24, 2.45) is 11.8 Å². The molecule has 3 unspecified atom stereocenters. The minimum atomic E-state index is -0.00963. The van der Waals surface area contributed by atoms with E-state index in [2.05, 4.69) is 13.8 Å². The lowest BCUT2D eigenvalue weighted by Crippen LogP contribution is -2.24. The molecule has 0 aromatic carbocycles. The van der Waals surface area contributed by atoms with E-state index in [0.717, 1.165) is 25.7 Å². The summed E-state index contributed by atoms with van der Waals surface area (Å²) in [6.07, 6.45) is 4.65. The van der Waals surface area contributed by atoms with Crippen molar-refractivity contribution in [3.8, 4) is 0 Å². The van der Waals surface area contributed by atoms with Crippen LogP contribution in [0.1, 0.15) is 39.5 Å². The van der Waals surface area contributed by atoms with E-state index in [1.54, 1.807) is 0 Å². The quantitative estimate of drug-likeness (QED) is 0.529. The Balaban J connectivity index is 1.66. The summed E-state index contributed by atoms with van der Waals surface area (Å²) < 4.78 is 10.7. The number of carbonyl (C=O) groups excluding carboxylic acids is 1. The zero-order valence-corrected chi connectivity index (χ0v) is 9.57. The van der Waals surface area contributed by atoms with Gasteiger partial charge < -0.3 is 9.47 Å². The second kappa shape index (κ2) is 4.52. The summed E-state index contributed by atoms with van der Waals surface area (Å²) in [5.74, 6) is 0.686. The van der Waals surface area contributed by atoms with Gasteiger partial charge in [-0.05, 0) is 31.6 Å². The lowest BCUT2D eigenvalue weighted by atomic mass is 9.89. The van der Waals surface area contributed by atoms with Crippen LogP contribution in [0.3, 0.4) is 0 Å². The highest BCUT2D eigenvalue weighted by Crippen LogP contribution is 2.39. The smallest absolute Gasteiger partial charge is 0.309 e. The monoisotopic (exact) mass is 212 g/mol. The van der Waals surface area contributed by atoms with E-state index in [0.29, 0.717) is 24.7 Å². The maximum Gasteiger partial charge on any atom is 0.309 e. The first-order chi connectivity index (χ1) is 7.16. The Kier molecular flexibility index (Phi) is 3.29. The molecule has 3 nitrogen and oxygen atoms in total. The number of esters is 1. The Morgan fingerprint density at radius 3 is 2.87 bits per heavy atom. The Morgan fingerprint density at radius 2 is 2.20 bits per heavy atom. The molecule has 0 aromatic rings. The average Bonchev–Trinajstić information content (AvgIpc) is 2.94. The number of hydrogen-bond donors (Lipinski definition) is 0. The van der Waals surface area contributed by atoms with Crippen LogP contribution in [-0.2, 0) is 14.3 Å². The largest absolute Gasteiger partial charge is 0.465 e. The van der Waals surface area contributed by atoms with Crippen molar-refractivity contribution in [1.29, 1.82) is 0 Å². The Bertz CT molecular complexity index is 237. The summed E-state index contributed by atoms with van der Waals surface area (Å²) in [6, 6.07) is 0. The van der Waals surface area contributed by atoms with Crippen molar-refractivity contribution in [2.45, 2.75) is 51.7 Å². The Hall–Kier alpha value is -0.570. The van der Waals surface area contributed by atoms with Gasteiger partial charge in [-0.25, -0.2) is 0 Å². The van der Waals surface area contributed by atoms with Gasteiger partial charge in [-0.1, -0.05) is 13.8 Å². The van der Waals surface area contributed by atoms with Crippen molar-refractivity contribution >= 4 is 5.97 Å². The number of carbonyl (C=O) groups is 1. The molecule has 0 amide bonds. The molecule has 86 valence electrons. The minimum absolute atomic E-state index is 0.00963. The zero-order valence-electron chi connectivity index (χ0n) is 9.57. The maximum atomic E-state index is 11.7. The van der Waals surface area contributed by atoms with E-state index < -0.39 is 0 Å². The van der Waals surface area contributed by atoms with Crippen molar-refractivity contribution in [2.75, 3.05) is 6.61 Å². The highest BCUT2D eigenvalue weighted by atomic mass is 16.6. The molecule has 2 aliphatic rings. The fraction of sp³-hybridized carbons (Fsp3) is 0.917. The minimum Gasteiger partial charge on any atom is -0.465 e. The van der Waals surface area contributed by atoms with E-state index in [1.807, 2.05) is 0 Å². The van der Waals surface area contributed by atoms with Crippen molar-refractivity contribution < 1.29 is 14.3 Å². The number of fused-ring (bicyclic) bond motifs is 1. The summed E-state index contributed by atoms with van der Waals surface area (Å²) in [7, 11) is 0. The van der Waals surface area contributed by atoms with Gasteiger partial charge in [-0.15, -0.1) is 0 Å². The van der Waals surface area contributed by atoms with E-state index in [1.165, 1.54) is 0 Å². The van der Waals surface area contributed by atoms with Gasteiger partial charge in [0.25, 0.3) is 0 Å². The molecule has 2 fully saturated rings. The van der Waals surface area contributed by atoms with Gasteiger partial charge in [-0.2, -0.15) is 0 Å². The highest BCUT2D eigenvalue weighted by Gasteiger charge is 2.46. The number of hydrogen-bond acceptors (Lipinski definition) is 3. The third-order valence-electron chi connectivity index (χ3n) is 3.28. The summed E-state index contributed by atoms with van der Waals surface area (Å²) in [6.45, 7) is 4.84. The lowest BCUT2D eigenvalue weighted by molar-refractivity contribution is -0.149. The molecule has 1 saturated heterocycles. The van der Waals surface area contributed by atoms with Crippen LogP contribution in [-0.4, -0.2) is 24.8 Å². The number of ether oxygens (including phenoxy) is 2. The predicted molar refractivity (Wildman–Crippen MR) is 56.4 cm³/mol. The molecule has 1 saturated carbocycles. The third-order valence-corrected chi connectivity index (χ3v) is 3.28. The molecule has 2 rings (SSSR count). The molecule has 0 bridgehead atoms. The molecule has 1 heterocycles. The summed E-state index contributed by atoms with van der Waals surface area (Å²) in [5, 5.41) is 0. The van der Waals surface area contributed by atoms with Crippen molar-refractivity contribution in [3.63, 3.8) is 0 Å². The topological polar surface area (TPSA) is 38.8 Å². The normalized spacial score (nSPS) is 33.7. The molecule has 3 atom stereocenters. The molecule has 0 aromatic heterocycles. The first-order valence-corrected chi connectivity index (χ1v) is 5.99. The Morgan fingerprint density at radius 1 is 1.40 bits per heavy atom. The lowest BCUT2D eigenvalue weighted by Gasteiger charge is -2.17. The molecule has 3 heteroatoms. The van der Waals surface area contributed by atoms with Gasteiger partial charge in [0.1, 0.15) is 0 Å². The molecular formula is C12H20O3. The van der Waals surface area contributed by atoms with Crippen molar-refractivity contribution in [3.05, 3.63) is 0 Å². The van der Waals surface area contributed by atoms with Crippen LogP contribution in [0, 0.1) is 11.8 Å². The van der Waals surface area contributed by atoms with Gasteiger partial charge >= 0.3 is 5.97 Å². The fourth-order valence-electron chi connectivity index (χ4n) is 2.13. The van der Waals surface area contributed by atoms with Crippen LogP contribution < -0.4 is 0 Å². The first kappa shape index (κ1) is 10.9. The van der Waals surface area contributed by atoms with Crippen LogP contribution in [0.2, 0.25) is 0 Å². The zero-order chi connectivity index (χ0) is 10.8. The van der Waals surface area contributed by atoms with E-state index in [9.17, 15) is 4.79 Å². The van der Waals surface area contributed by atoms with E-state index >= 15 is 0 Å². The highest BCUT2D eigenvalue weighted by molar-refractivity contribution is 5.72. The van der Waals surface area contributed by atoms with E-state index in [-0.39, 0.29) is 11.9 Å². The summed E-state index contributed by atoms with van der Waals surface area (Å²) in [5.41, 5.74) is 0.